The Hall–Kier alpha value is -2.23. The number of rotatable bonds is 4. The summed E-state index contributed by atoms with van der Waals surface area (Å²) in [6, 6.07) is 7.80. The maximum absolute atomic E-state index is 10.8. The van der Waals surface area contributed by atoms with Crippen molar-refractivity contribution in [3.63, 3.8) is 0 Å². The lowest BCUT2D eigenvalue weighted by molar-refractivity contribution is 0.0696. The minimum atomic E-state index is -0.968. The molecule has 4 nitrogen and oxygen atoms in total. The van der Waals surface area contributed by atoms with Gasteiger partial charge in [-0.2, -0.15) is 0 Å². The summed E-state index contributed by atoms with van der Waals surface area (Å²) >= 11 is 0. The molecule has 100 valence electrons. The predicted molar refractivity (Wildman–Crippen MR) is 73.7 cm³/mol. The van der Waals surface area contributed by atoms with Crippen LogP contribution in [0.3, 0.4) is 0 Å². The maximum atomic E-state index is 10.8. The molecule has 0 aliphatic carbocycles. The summed E-state index contributed by atoms with van der Waals surface area (Å²) in [6.07, 6.45) is 1.27. The molecule has 0 aliphatic heterocycles. The van der Waals surface area contributed by atoms with Crippen LogP contribution in [0.2, 0.25) is 0 Å². The zero-order valence-electron chi connectivity index (χ0n) is 11.3. The molecule has 0 unspecified atom stereocenters. The highest BCUT2D eigenvalue weighted by molar-refractivity contribution is 5.87. The van der Waals surface area contributed by atoms with Gasteiger partial charge in [-0.3, -0.25) is 0 Å². The highest BCUT2D eigenvalue weighted by Crippen LogP contribution is 2.22. The van der Waals surface area contributed by atoms with Gasteiger partial charge in [-0.1, -0.05) is 17.7 Å². The molecule has 0 fully saturated rings. The summed E-state index contributed by atoms with van der Waals surface area (Å²) in [5.74, 6) is -0.330. The molecular weight excluding hydrogens is 242 g/mol. The molecule has 0 saturated carbocycles. The average Bonchev–Trinajstić information content (AvgIpc) is 2.77. The molecule has 0 amide bonds. The minimum absolute atomic E-state index is 0.184. The van der Waals surface area contributed by atoms with Crippen LogP contribution in [-0.4, -0.2) is 18.1 Å². The summed E-state index contributed by atoms with van der Waals surface area (Å²) < 4.78 is 5.26. The molecule has 1 heterocycles. The van der Waals surface area contributed by atoms with Crippen molar-refractivity contribution in [3.05, 3.63) is 53.0 Å². The number of aromatic carboxylic acids is 1. The Bertz CT molecular complexity index is 601. The topological polar surface area (TPSA) is 53.7 Å². The number of nitrogens with zero attached hydrogens (tertiary/aromatic N) is 1. The standard InChI is InChI=1S/C15H17NO3/c1-10-4-5-14(11(2)6-10)16(3)8-13-7-12(9-19-13)15(17)18/h4-7,9H,8H2,1-3H3,(H,17,18). The van der Waals surface area contributed by atoms with Gasteiger partial charge in [0.1, 0.15) is 12.0 Å². The van der Waals surface area contributed by atoms with E-state index in [2.05, 4.69) is 32.0 Å². The molecule has 1 N–H and O–H groups in total. The molecular formula is C15H17NO3. The van der Waals surface area contributed by atoms with Crippen LogP contribution in [0.15, 0.2) is 34.9 Å². The van der Waals surface area contributed by atoms with Gasteiger partial charge in [0.25, 0.3) is 0 Å². The molecule has 4 heteroatoms. The van der Waals surface area contributed by atoms with Crippen LogP contribution < -0.4 is 4.90 Å². The van der Waals surface area contributed by atoms with E-state index in [0.29, 0.717) is 12.3 Å². The van der Waals surface area contributed by atoms with Crippen molar-refractivity contribution in [2.24, 2.45) is 0 Å². The monoisotopic (exact) mass is 259 g/mol. The van der Waals surface area contributed by atoms with Crippen molar-refractivity contribution < 1.29 is 14.3 Å². The molecule has 0 bridgehead atoms. The van der Waals surface area contributed by atoms with Gasteiger partial charge in [-0.15, -0.1) is 0 Å². The van der Waals surface area contributed by atoms with Crippen molar-refractivity contribution in [1.82, 2.24) is 0 Å². The SMILES string of the molecule is Cc1ccc(N(C)Cc2cc(C(=O)O)co2)c(C)c1. The highest BCUT2D eigenvalue weighted by atomic mass is 16.4. The Morgan fingerprint density at radius 2 is 2.05 bits per heavy atom. The summed E-state index contributed by atoms with van der Waals surface area (Å²) in [4.78, 5) is 12.8. The van der Waals surface area contributed by atoms with Gasteiger partial charge in [0.2, 0.25) is 0 Å². The molecule has 0 atom stereocenters. The van der Waals surface area contributed by atoms with Crippen molar-refractivity contribution in [2.45, 2.75) is 20.4 Å². The third-order valence-corrected chi connectivity index (χ3v) is 3.06. The molecule has 19 heavy (non-hydrogen) atoms. The van der Waals surface area contributed by atoms with Crippen LogP contribution in [0.1, 0.15) is 27.2 Å². The van der Waals surface area contributed by atoms with Crippen LogP contribution in [-0.2, 0) is 6.54 Å². The zero-order valence-corrected chi connectivity index (χ0v) is 11.3. The smallest absolute Gasteiger partial charge is 0.338 e. The number of carboxylic acids is 1. The lowest BCUT2D eigenvalue weighted by atomic mass is 10.1. The Morgan fingerprint density at radius 3 is 2.63 bits per heavy atom. The van der Waals surface area contributed by atoms with Gasteiger partial charge in [0.05, 0.1) is 12.1 Å². The molecule has 1 aromatic heterocycles. The second kappa shape index (κ2) is 5.18. The van der Waals surface area contributed by atoms with E-state index in [9.17, 15) is 4.79 Å². The Morgan fingerprint density at radius 1 is 1.32 bits per heavy atom. The summed E-state index contributed by atoms with van der Waals surface area (Å²) in [6.45, 7) is 4.66. The molecule has 2 rings (SSSR count). The van der Waals surface area contributed by atoms with Crippen LogP contribution in [0, 0.1) is 13.8 Å². The molecule has 1 aromatic carbocycles. The van der Waals surface area contributed by atoms with Gasteiger partial charge in [0, 0.05) is 12.7 Å². The Labute approximate surface area is 112 Å². The minimum Gasteiger partial charge on any atom is -0.478 e. The van der Waals surface area contributed by atoms with Crippen LogP contribution in [0.5, 0.6) is 0 Å². The number of anilines is 1. The van der Waals surface area contributed by atoms with E-state index in [4.69, 9.17) is 9.52 Å². The first-order chi connectivity index (χ1) is 8.97. The quantitative estimate of drug-likeness (QED) is 0.915. The molecule has 2 aromatic rings. The van der Waals surface area contributed by atoms with E-state index in [1.54, 1.807) is 6.07 Å². The summed E-state index contributed by atoms with van der Waals surface area (Å²) in [5, 5.41) is 8.85. The predicted octanol–water partition coefficient (Wildman–Crippen LogP) is 3.23. The van der Waals surface area contributed by atoms with Crippen LogP contribution >= 0.6 is 0 Å². The number of hydrogen-bond donors (Lipinski definition) is 1. The lowest BCUT2D eigenvalue weighted by Crippen LogP contribution is -2.17. The molecule has 0 radical (unpaired) electrons. The molecule has 0 saturated heterocycles. The van der Waals surface area contributed by atoms with E-state index in [0.717, 1.165) is 5.69 Å². The van der Waals surface area contributed by atoms with Gasteiger partial charge in [-0.05, 0) is 31.5 Å². The van der Waals surface area contributed by atoms with Gasteiger partial charge < -0.3 is 14.4 Å². The maximum Gasteiger partial charge on any atom is 0.338 e. The second-order valence-electron chi connectivity index (χ2n) is 4.75. The number of carboxylic acid groups (broad SMARTS) is 1. The molecule has 0 aliphatic rings. The Balaban J connectivity index is 2.15. The highest BCUT2D eigenvalue weighted by Gasteiger charge is 2.11. The first kappa shape index (κ1) is 13.2. The number of aryl methyl sites for hydroxylation is 2. The fourth-order valence-electron chi connectivity index (χ4n) is 2.13. The Kier molecular flexibility index (Phi) is 3.60. The van der Waals surface area contributed by atoms with E-state index in [1.807, 2.05) is 11.9 Å². The lowest BCUT2D eigenvalue weighted by Gasteiger charge is -2.20. The normalized spacial score (nSPS) is 10.5. The number of benzene rings is 1. The fraction of sp³-hybridized carbons (Fsp3) is 0.267. The number of hydrogen-bond acceptors (Lipinski definition) is 3. The average molecular weight is 259 g/mol. The number of carbonyl (C=O) groups is 1. The van der Waals surface area contributed by atoms with E-state index >= 15 is 0 Å². The van der Waals surface area contributed by atoms with Gasteiger partial charge in [0.15, 0.2) is 0 Å². The van der Waals surface area contributed by atoms with E-state index in [1.165, 1.54) is 17.4 Å². The van der Waals surface area contributed by atoms with Crippen molar-refractivity contribution in [3.8, 4) is 0 Å². The summed E-state index contributed by atoms with van der Waals surface area (Å²) in [5.41, 5.74) is 3.70. The second-order valence-corrected chi connectivity index (χ2v) is 4.75. The van der Waals surface area contributed by atoms with E-state index in [-0.39, 0.29) is 5.56 Å². The van der Waals surface area contributed by atoms with Gasteiger partial charge in [-0.25, -0.2) is 4.79 Å². The molecule has 0 spiro atoms. The number of furan rings is 1. The van der Waals surface area contributed by atoms with Gasteiger partial charge >= 0.3 is 5.97 Å². The van der Waals surface area contributed by atoms with Crippen molar-refractivity contribution >= 4 is 11.7 Å². The van der Waals surface area contributed by atoms with Crippen molar-refractivity contribution in [2.75, 3.05) is 11.9 Å². The summed E-state index contributed by atoms with van der Waals surface area (Å²) in [7, 11) is 1.96. The third-order valence-electron chi connectivity index (χ3n) is 3.06. The van der Waals surface area contributed by atoms with Crippen LogP contribution in [0.4, 0.5) is 5.69 Å². The first-order valence-electron chi connectivity index (χ1n) is 6.06. The van der Waals surface area contributed by atoms with Crippen molar-refractivity contribution in [1.29, 1.82) is 0 Å². The third kappa shape index (κ3) is 2.96. The fourth-order valence-corrected chi connectivity index (χ4v) is 2.13. The van der Waals surface area contributed by atoms with Crippen LogP contribution in [0.25, 0.3) is 0 Å². The largest absolute Gasteiger partial charge is 0.478 e. The zero-order chi connectivity index (χ0) is 14.0. The first-order valence-corrected chi connectivity index (χ1v) is 6.06. The van der Waals surface area contributed by atoms with E-state index < -0.39 is 5.97 Å².